The number of hydrogen-bond donors (Lipinski definition) is 2. The summed E-state index contributed by atoms with van der Waals surface area (Å²) in [6, 6.07) is 0. The van der Waals surface area contributed by atoms with Crippen LogP contribution in [0.2, 0.25) is 0 Å². The number of nitrogens with zero attached hydrogens (tertiary/aromatic N) is 2. The Bertz CT molecular complexity index is 317. The summed E-state index contributed by atoms with van der Waals surface area (Å²) in [5, 5.41) is 4.02. The van der Waals surface area contributed by atoms with Gasteiger partial charge in [-0.2, -0.15) is 5.10 Å². The van der Waals surface area contributed by atoms with Crippen molar-refractivity contribution in [1.29, 1.82) is 0 Å². The van der Waals surface area contributed by atoms with Crippen molar-refractivity contribution in [3.05, 3.63) is 16.3 Å². The molecule has 5 nitrogen and oxygen atoms in total. The van der Waals surface area contributed by atoms with Crippen LogP contribution in [0.1, 0.15) is 26.6 Å². The molecule has 0 fully saturated rings. The Hall–Kier alpha value is -1.10. The van der Waals surface area contributed by atoms with E-state index in [0.29, 0.717) is 5.82 Å². The van der Waals surface area contributed by atoms with Gasteiger partial charge in [0.2, 0.25) is 0 Å². The molecule has 0 aromatic carbocycles. The van der Waals surface area contributed by atoms with E-state index in [2.05, 4.69) is 10.1 Å². The monoisotopic (exact) mass is 170 g/mol. The van der Waals surface area contributed by atoms with Crippen LogP contribution in [0.25, 0.3) is 0 Å². The molecule has 1 aromatic heterocycles. The van der Waals surface area contributed by atoms with Crippen LogP contribution in [-0.4, -0.2) is 14.8 Å². The maximum absolute atomic E-state index is 11.2. The van der Waals surface area contributed by atoms with Gasteiger partial charge in [-0.3, -0.25) is 4.98 Å². The minimum atomic E-state index is -0.291. The molecule has 0 amide bonds. The van der Waals surface area contributed by atoms with E-state index in [1.54, 1.807) is 0 Å². The third-order valence-electron chi connectivity index (χ3n) is 1.49. The minimum Gasteiger partial charge on any atom is -0.324 e. The average Bonchev–Trinajstić information content (AvgIpc) is 2.29. The largest absolute Gasteiger partial charge is 0.343 e. The maximum atomic E-state index is 11.2. The van der Waals surface area contributed by atoms with Gasteiger partial charge in [0, 0.05) is 0 Å². The van der Waals surface area contributed by atoms with Gasteiger partial charge < -0.3 is 5.73 Å². The summed E-state index contributed by atoms with van der Waals surface area (Å²) in [7, 11) is 0. The van der Waals surface area contributed by atoms with Crippen molar-refractivity contribution in [2.45, 2.75) is 32.9 Å². The second-order valence-corrected chi connectivity index (χ2v) is 3.66. The second kappa shape index (κ2) is 2.75. The van der Waals surface area contributed by atoms with Gasteiger partial charge in [-0.1, -0.05) is 0 Å². The zero-order chi connectivity index (χ0) is 9.35. The number of aromatic amines is 1. The first-order valence-electron chi connectivity index (χ1n) is 3.84. The van der Waals surface area contributed by atoms with Crippen molar-refractivity contribution in [1.82, 2.24) is 14.8 Å². The van der Waals surface area contributed by atoms with Crippen molar-refractivity contribution in [2.24, 2.45) is 5.73 Å². The molecular formula is C7H14N4O. The van der Waals surface area contributed by atoms with E-state index in [9.17, 15) is 4.79 Å². The van der Waals surface area contributed by atoms with Gasteiger partial charge in [0.25, 0.3) is 0 Å². The summed E-state index contributed by atoms with van der Waals surface area (Å²) in [5.41, 5.74) is 4.83. The lowest BCUT2D eigenvalue weighted by molar-refractivity contribution is 0.342. The molecule has 0 unspecified atom stereocenters. The normalized spacial score (nSPS) is 12.0. The summed E-state index contributed by atoms with van der Waals surface area (Å²) in [4.78, 5) is 13.8. The van der Waals surface area contributed by atoms with Crippen LogP contribution in [0.4, 0.5) is 0 Å². The SMILES string of the molecule is CC(C)(C)n1nc(CN)[nH]c1=O. The van der Waals surface area contributed by atoms with E-state index in [1.807, 2.05) is 20.8 Å². The highest BCUT2D eigenvalue weighted by atomic mass is 16.2. The van der Waals surface area contributed by atoms with Crippen LogP contribution in [-0.2, 0) is 12.1 Å². The summed E-state index contributed by atoms with van der Waals surface area (Å²) in [5.74, 6) is 0.523. The van der Waals surface area contributed by atoms with Crippen molar-refractivity contribution in [3.8, 4) is 0 Å². The maximum Gasteiger partial charge on any atom is 0.343 e. The molecule has 0 aliphatic heterocycles. The highest BCUT2D eigenvalue weighted by Crippen LogP contribution is 2.07. The molecule has 68 valence electrons. The van der Waals surface area contributed by atoms with Crippen molar-refractivity contribution in [2.75, 3.05) is 0 Å². The third kappa shape index (κ3) is 1.55. The van der Waals surface area contributed by atoms with Gasteiger partial charge in [0.1, 0.15) is 5.82 Å². The van der Waals surface area contributed by atoms with E-state index in [0.717, 1.165) is 0 Å². The topological polar surface area (TPSA) is 76.7 Å². The number of nitrogens with two attached hydrogens (primary N) is 1. The molecule has 1 rings (SSSR count). The number of H-pyrrole nitrogens is 1. The Morgan fingerprint density at radius 2 is 2.17 bits per heavy atom. The molecule has 1 heterocycles. The molecule has 5 heteroatoms. The van der Waals surface area contributed by atoms with Gasteiger partial charge in [0.15, 0.2) is 0 Å². The standard InChI is InChI=1S/C7H14N4O/c1-7(2,3)11-6(12)9-5(4-8)10-11/h4,8H2,1-3H3,(H,9,10,12). The van der Waals surface area contributed by atoms with Crippen LogP contribution in [0.5, 0.6) is 0 Å². The van der Waals surface area contributed by atoms with E-state index >= 15 is 0 Å². The summed E-state index contributed by atoms with van der Waals surface area (Å²) in [6.45, 7) is 6.00. The fourth-order valence-corrected chi connectivity index (χ4v) is 0.914. The predicted molar refractivity (Wildman–Crippen MR) is 45.7 cm³/mol. The Balaban J connectivity index is 3.17. The minimum absolute atomic E-state index is 0.206. The summed E-state index contributed by atoms with van der Waals surface area (Å²) in [6.07, 6.45) is 0. The Morgan fingerprint density at radius 3 is 2.42 bits per heavy atom. The van der Waals surface area contributed by atoms with Gasteiger partial charge in [-0.15, -0.1) is 0 Å². The predicted octanol–water partition coefficient (Wildman–Crippen LogP) is -0.215. The molecule has 1 aromatic rings. The van der Waals surface area contributed by atoms with Crippen molar-refractivity contribution in [3.63, 3.8) is 0 Å². The highest BCUT2D eigenvalue weighted by molar-refractivity contribution is 4.84. The zero-order valence-corrected chi connectivity index (χ0v) is 7.59. The molecule has 0 atom stereocenters. The first kappa shape index (κ1) is 8.99. The van der Waals surface area contributed by atoms with Gasteiger partial charge in [-0.25, -0.2) is 9.48 Å². The molecular weight excluding hydrogens is 156 g/mol. The zero-order valence-electron chi connectivity index (χ0n) is 7.59. The first-order valence-corrected chi connectivity index (χ1v) is 3.84. The van der Waals surface area contributed by atoms with Crippen molar-refractivity contribution < 1.29 is 0 Å². The van der Waals surface area contributed by atoms with Gasteiger partial charge in [0.05, 0.1) is 12.1 Å². The molecule has 0 bridgehead atoms. The van der Waals surface area contributed by atoms with Gasteiger partial charge >= 0.3 is 5.69 Å². The Labute approximate surface area is 70.6 Å². The number of aromatic nitrogens is 3. The molecule has 0 radical (unpaired) electrons. The van der Waals surface area contributed by atoms with Crippen LogP contribution >= 0.6 is 0 Å². The first-order chi connectivity index (χ1) is 5.45. The number of hydrogen-bond acceptors (Lipinski definition) is 3. The number of nitrogens with one attached hydrogen (secondary N) is 1. The second-order valence-electron chi connectivity index (χ2n) is 3.66. The lowest BCUT2D eigenvalue weighted by Crippen LogP contribution is -2.33. The van der Waals surface area contributed by atoms with Crippen LogP contribution in [0.3, 0.4) is 0 Å². The van der Waals surface area contributed by atoms with Crippen LogP contribution in [0.15, 0.2) is 4.79 Å². The molecule has 0 saturated heterocycles. The summed E-state index contributed by atoms with van der Waals surface area (Å²) >= 11 is 0. The Morgan fingerprint density at radius 1 is 1.58 bits per heavy atom. The van der Waals surface area contributed by atoms with Crippen LogP contribution in [0, 0.1) is 0 Å². The Kier molecular flexibility index (Phi) is 2.06. The molecule has 0 saturated carbocycles. The van der Waals surface area contributed by atoms with Crippen molar-refractivity contribution >= 4 is 0 Å². The smallest absolute Gasteiger partial charge is 0.324 e. The highest BCUT2D eigenvalue weighted by Gasteiger charge is 2.17. The van der Waals surface area contributed by atoms with Gasteiger partial charge in [-0.05, 0) is 20.8 Å². The van der Waals surface area contributed by atoms with E-state index in [1.165, 1.54) is 4.68 Å². The van der Waals surface area contributed by atoms with E-state index in [4.69, 9.17) is 5.73 Å². The summed E-state index contributed by atoms with van der Waals surface area (Å²) < 4.78 is 1.40. The van der Waals surface area contributed by atoms with Crippen LogP contribution < -0.4 is 11.4 Å². The lowest BCUT2D eigenvalue weighted by atomic mass is 10.1. The van der Waals surface area contributed by atoms with E-state index < -0.39 is 0 Å². The molecule has 0 aliphatic carbocycles. The number of rotatable bonds is 1. The molecule has 0 aliphatic rings. The quantitative estimate of drug-likeness (QED) is 0.612. The third-order valence-corrected chi connectivity index (χ3v) is 1.49. The molecule has 12 heavy (non-hydrogen) atoms. The fraction of sp³-hybridized carbons (Fsp3) is 0.714. The fourth-order valence-electron chi connectivity index (χ4n) is 0.914. The van der Waals surface area contributed by atoms with E-state index in [-0.39, 0.29) is 17.8 Å². The average molecular weight is 170 g/mol. The lowest BCUT2D eigenvalue weighted by Gasteiger charge is -2.16. The molecule has 0 spiro atoms. The molecule has 3 N–H and O–H groups in total.